The molecule has 5 heteroatoms. The van der Waals surface area contributed by atoms with Gasteiger partial charge in [-0.3, -0.25) is 0 Å². The highest BCUT2D eigenvalue weighted by Crippen LogP contribution is 2.40. The molecule has 1 aromatic rings. The molecule has 1 aromatic carbocycles. The van der Waals surface area contributed by atoms with Crippen molar-refractivity contribution in [2.24, 2.45) is 0 Å². The van der Waals surface area contributed by atoms with Crippen LogP contribution in [-0.2, 0) is 0 Å². The van der Waals surface area contributed by atoms with Crippen LogP contribution in [0.5, 0.6) is 0 Å². The number of carboxylic acid groups (broad SMARTS) is 1. The lowest BCUT2D eigenvalue weighted by Gasteiger charge is -2.39. The molecule has 2 aliphatic rings. The summed E-state index contributed by atoms with van der Waals surface area (Å²) in [5.74, 6) is 5.89. The highest BCUT2D eigenvalue weighted by Gasteiger charge is 2.48. The van der Waals surface area contributed by atoms with Crippen LogP contribution in [0.3, 0.4) is 0 Å². The van der Waals surface area contributed by atoms with Gasteiger partial charge in [0, 0.05) is 35.5 Å². The second-order valence-corrected chi connectivity index (χ2v) is 6.21. The smallest absolute Gasteiger partial charge is 0.407 e. The first kappa shape index (κ1) is 14.2. The van der Waals surface area contributed by atoms with Crippen LogP contribution < -0.4 is 0 Å². The SMILES string of the molecule is O=C(O)N1C2CCC1CC(O)(C#Cc1cccc(Cl)c1)C2. The van der Waals surface area contributed by atoms with Crippen LogP contribution in [0.2, 0.25) is 5.02 Å². The summed E-state index contributed by atoms with van der Waals surface area (Å²) in [6.07, 6.45) is 1.47. The van der Waals surface area contributed by atoms with Gasteiger partial charge in [0.2, 0.25) is 0 Å². The summed E-state index contributed by atoms with van der Waals surface area (Å²) in [6, 6.07) is 6.92. The molecule has 2 aliphatic heterocycles. The molecular weight excluding hydrogens is 290 g/mol. The van der Waals surface area contributed by atoms with Gasteiger partial charge < -0.3 is 15.1 Å². The third-order valence-corrected chi connectivity index (χ3v) is 4.49. The van der Waals surface area contributed by atoms with E-state index in [1.807, 2.05) is 12.1 Å². The fraction of sp³-hybridized carbons (Fsp3) is 0.438. The normalized spacial score (nSPS) is 30.7. The van der Waals surface area contributed by atoms with Crippen molar-refractivity contribution in [2.45, 2.75) is 43.4 Å². The monoisotopic (exact) mass is 305 g/mol. The van der Waals surface area contributed by atoms with Crippen LogP contribution in [0.15, 0.2) is 24.3 Å². The molecule has 3 rings (SSSR count). The van der Waals surface area contributed by atoms with Gasteiger partial charge in [-0.05, 0) is 31.0 Å². The molecule has 4 nitrogen and oxygen atoms in total. The first-order valence-electron chi connectivity index (χ1n) is 6.99. The maximum absolute atomic E-state index is 11.2. The zero-order valence-corrected chi connectivity index (χ0v) is 12.2. The summed E-state index contributed by atoms with van der Waals surface area (Å²) in [7, 11) is 0. The average Bonchev–Trinajstić information content (AvgIpc) is 2.71. The van der Waals surface area contributed by atoms with Gasteiger partial charge in [0.1, 0.15) is 5.60 Å². The standard InChI is InChI=1S/C16H16ClNO3/c17-12-3-1-2-11(8-12)6-7-16(21)9-13-4-5-14(10-16)18(13)15(19)20/h1-3,8,13-14,21H,4-5,9-10H2,(H,19,20). The molecule has 0 radical (unpaired) electrons. The van der Waals surface area contributed by atoms with Crippen LogP contribution in [0.1, 0.15) is 31.2 Å². The van der Waals surface area contributed by atoms with E-state index in [1.165, 1.54) is 4.90 Å². The number of carbonyl (C=O) groups is 1. The number of aliphatic hydroxyl groups is 1. The summed E-state index contributed by atoms with van der Waals surface area (Å²) in [6.45, 7) is 0. The first-order valence-corrected chi connectivity index (χ1v) is 7.37. The molecular formula is C16H16ClNO3. The lowest BCUT2D eigenvalue weighted by atomic mass is 9.86. The third-order valence-electron chi connectivity index (χ3n) is 4.25. The number of hydrogen-bond acceptors (Lipinski definition) is 2. The number of rotatable bonds is 0. The van der Waals surface area contributed by atoms with Gasteiger partial charge >= 0.3 is 6.09 Å². The number of nitrogens with zero attached hydrogens (tertiary/aromatic N) is 1. The minimum Gasteiger partial charge on any atom is -0.465 e. The second kappa shape index (κ2) is 5.25. The van der Waals surface area contributed by atoms with Crippen molar-refractivity contribution >= 4 is 17.7 Å². The Morgan fingerprint density at radius 2 is 2.00 bits per heavy atom. The molecule has 1 amide bonds. The van der Waals surface area contributed by atoms with E-state index in [9.17, 15) is 15.0 Å². The van der Waals surface area contributed by atoms with Crippen molar-refractivity contribution in [3.63, 3.8) is 0 Å². The van der Waals surface area contributed by atoms with Crippen LogP contribution in [0, 0.1) is 11.8 Å². The minimum absolute atomic E-state index is 0.125. The van der Waals surface area contributed by atoms with Gasteiger partial charge in [-0.25, -0.2) is 4.79 Å². The second-order valence-electron chi connectivity index (χ2n) is 5.78. The molecule has 2 bridgehead atoms. The van der Waals surface area contributed by atoms with Crippen LogP contribution in [0.4, 0.5) is 4.79 Å². The van der Waals surface area contributed by atoms with Gasteiger partial charge in [-0.15, -0.1) is 0 Å². The predicted octanol–water partition coefficient (Wildman–Crippen LogP) is 2.73. The molecule has 2 atom stereocenters. The Balaban J connectivity index is 1.80. The van der Waals surface area contributed by atoms with Gasteiger partial charge in [-0.2, -0.15) is 0 Å². The first-order chi connectivity index (χ1) is 9.97. The summed E-state index contributed by atoms with van der Waals surface area (Å²) >= 11 is 5.91. The van der Waals surface area contributed by atoms with Crippen molar-refractivity contribution < 1.29 is 15.0 Å². The van der Waals surface area contributed by atoms with Crippen molar-refractivity contribution in [3.8, 4) is 11.8 Å². The highest BCUT2D eigenvalue weighted by atomic mass is 35.5. The Morgan fingerprint density at radius 1 is 1.33 bits per heavy atom. The van der Waals surface area contributed by atoms with Crippen LogP contribution in [0.25, 0.3) is 0 Å². The molecule has 2 saturated heterocycles. The number of amides is 1. The van der Waals surface area contributed by atoms with Gasteiger partial charge in [0.15, 0.2) is 0 Å². The molecule has 0 spiro atoms. The number of piperidine rings is 1. The Morgan fingerprint density at radius 3 is 2.57 bits per heavy atom. The molecule has 0 saturated carbocycles. The average molecular weight is 306 g/mol. The molecule has 2 heterocycles. The molecule has 2 N–H and O–H groups in total. The lowest BCUT2D eigenvalue weighted by molar-refractivity contribution is -0.00378. The third kappa shape index (κ3) is 2.85. The van der Waals surface area contributed by atoms with Crippen LogP contribution in [-0.4, -0.2) is 38.9 Å². The molecule has 2 fully saturated rings. The van der Waals surface area contributed by atoms with Crippen molar-refractivity contribution in [3.05, 3.63) is 34.9 Å². The van der Waals surface area contributed by atoms with E-state index in [1.54, 1.807) is 12.1 Å². The predicted molar refractivity (Wildman–Crippen MR) is 79.2 cm³/mol. The van der Waals surface area contributed by atoms with Gasteiger partial charge in [-0.1, -0.05) is 29.5 Å². The maximum atomic E-state index is 11.2. The molecule has 0 aromatic heterocycles. The number of halogens is 1. The molecule has 2 unspecified atom stereocenters. The molecule has 0 aliphatic carbocycles. The van der Waals surface area contributed by atoms with Crippen molar-refractivity contribution in [1.29, 1.82) is 0 Å². The largest absolute Gasteiger partial charge is 0.465 e. The van der Waals surface area contributed by atoms with E-state index in [2.05, 4.69) is 11.8 Å². The zero-order valence-electron chi connectivity index (χ0n) is 11.4. The number of hydrogen-bond donors (Lipinski definition) is 2. The van der Waals surface area contributed by atoms with Gasteiger partial charge in [0.25, 0.3) is 0 Å². The van der Waals surface area contributed by atoms with E-state index >= 15 is 0 Å². The number of fused-ring (bicyclic) bond motifs is 2. The highest BCUT2D eigenvalue weighted by molar-refractivity contribution is 6.30. The topological polar surface area (TPSA) is 60.8 Å². The quantitative estimate of drug-likeness (QED) is 0.725. The van der Waals surface area contributed by atoms with E-state index < -0.39 is 11.7 Å². The minimum atomic E-state index is -1.11. The molecule has 21 heavy (non-hydrogen) atoms. The summed E-state index contributed by atoms with van der Waals surface area (Å²) in [4.78, 5) is 12.7. The summed E-state index contributed by atoms with van der Waals surface area (Å²) in [5, 5.41) is 20.5. The lowest BCUT2D eigenvalue weighted by Crippen LogP contribution is -2.52. The number of benzene rings is 1. The van der Waals surface area contributed by atoms with Crippen LogP contribution >= 0.6 is 11.6 Å². The summed E-state index contributed by atoms with van der Waals surface area (Å²) < 4.78 is 0. The van der Waals surface area contributed by atoms with E-state index in [-0.39, 0.29) is 12.1 Å². The fourth-order valence-electron chi connectivity index (χ4n) is 3.39. The van der Waals surface area contributed by atoms with E-state index in [4.69, 9.17) is 11.6 Å². The summed E-state index contributed by atoms with van der Waals surface area (Å²) in [5.41, 5.74) is -0.357. The Labute approximate surface area is 128 Å². The van der Waals surface area contributed by atoms with Crippen molar-refractivity contribution in [2.75, 3.05) is 0 Å². The van der Waals surface area contributed by atoms with Gasteiger partial charge in [0.05, 0.1) is 0 Å². The Kier molecular flexibility index (Phi) is 3.56. The van der Waals surface area contributed by atoms with Crippen molar-refractivity contribution in [1.82, 2.24) is 4.90 Å². The Bertz CT molecular complexity index is 620. The maximum Gasteiger partial charge on any atom is 0.407 e. The van der Waals surface area contributed by atoms with E-state index in [0.717, 1.165) is 18.4 Å². The zero-order chi connectivity index (χ0) is 15.0. The van der Waals surface area contributed by atoms with E-state index in [0.29, 0.717) is 17.9 Å². The Hall–Kier alpha value is -1.70. The molecule has 110 valence electrons. The fourth-order valence-corrected chi connectivity index (χ4v) is 3.58.